The van der Waals surface area contributed by atoms with E-state index in [4.69, 9.17) is 38.6 Å². The first-order valence-corrected chi connectivity index (χ1v) is 10.1. The Hall–Kier alpha value is -3.44. The number of hydrogen-bond donors (Lipinski definition) is 4. The van der Waals surface area contributed by atoms with Crippen LogP contribution in [0.15, 0.2) is 48.5 Å². The average molecular weight is 463 g/mol. The van der Waals surface area contributed by atoms with E-state index in [0.29, 0.717) is 22.9 Å². The van der Waals surface area contributed by atoms with Crippen LogP contribution >= 0.6 is 24.4 Å². The Balaban J connectivity index is 1.85. The molecule has 9 nitrogen and oxygen atoms in total. The second kappa shape index (κ2) is 12.3. The highest BCUT2D eigenvalue weighted by molar-refractivity contribution is 7.80. The van der Waals surface area contributed by atoms with Crippen molar-refractivity contribution >= 4 is 58.2 Å². The molecule has 0 unspecified atom stereocenters. The topological polar surface area (TPSA) is 110 Å². The maximum atomic E-state index is 11.3. The van der Waals surface area contributed by atoms with Crippen LogP contribution in [0.1, 0.15) is 13.8 Å². The molecule has 31 heavy (non-hydrogen) atoms. The van der Waals surface area contributed by atoms with E-state index in [0.717, 1.165) is 0 Å². The average Bonchev–Trinajstić information content (AvgIpc) is 2.71. The molecule has 0 saturated carbocycles. The molecule has 11 heteroatoms. The molecule has 0 aromatic heterocycles. The number of amides is 2. The van der Waals surface area contributed by atoms with Gasteiger partial charge in [0.2, 0.25) is 0 Å². The Morgan fingerprint density at radius 3 is 1.39 bits per heavy atom. The van der Waals surface area contributed by atoms with Gasteiger partial charge in [0.25, 0.3) is 0 Å². The highest BCUT2D eigenvalue weighted by Gasteiger charge is 2.06. The summed E-state index contributed by atoms with van der Waals surface area (Å²) in [6, 6.07) is 14.0. The fraction of sp³-hybridized carbons (Fsp3) is 0.200. The van der Waals surface area contributed by atoms with Gasteiger partial charge >= 0.3 is 12.2 Å². The fourth-order valence-electron chi connectivity index (χ4n) is 2.19. The molecule has 0 radical (unpaired) electrons. The van der Waals surface area contributed by atoms with Gasteiger partial charge in [0.05, 0.1) is 13.2 Å². The lowest BCUT2D eigenvalue weighted by Gasteiger charge is -2.11. The van der Waals surface area contributed by atoms with E-state index in [1.54, 1.807) is 62.4 Å². The first-order valence-electron chi connectivity index (χ1n) is 9.27. The maximum absolute atomic E-state index is 11.3. The quantitative estimate of drug-likeness (QED) is 0.465. The van der Waals surface area contributed by atoms with Gasteiger partial charge in [-0.1, -0.05) is 0 Å². The number of nitrogens with one attached hydrogen (secondary N) is 4. The molecule has 0 fully saturated rings. The summed E-state index contributed by atoms with van der Waals surface area (Å²) in [7, 11) is 0. The molecule has 0 saturated heterocycles. The molecule has 4 N–H and O–H groups in total. The van der Waals surface area contributed by atoms with E-state index in [9.17, 15) is 9.59 Å². The Kier molecular flexibility index (Phi) is 9.46. The first-order chi connectivity index (χ1) is 14.9. The minimum absolute atomic E-state index is 0.130. The number of hydrogen-bond acceptors (Lipinski definition) is 7. The molecule has 2 rings (SSSR count). The third-order valence-electron chi connectivity index (χ3n) is 3.44. The molecule has 0 aliphatic rings. The lowest BCUT2D eigenvalue weighted by Crippen LogP contribution is -2.34. The summed E-state index contributed by atoms with van der Waals surface area (Å²) in [6.07, 6.45) is -1.23. The molecule has 0 spiro atoms. The predicted molar refractivity (Wildman–Crippen MR) is 126 cm³/mol. The molecule has 2 aromatic rings. The number of carbonyl (C=O) groups excluding carboxylic acids is 2. The molecule has 0 atom stereocenters. The monoisotopic (exact) mass is 462 g/mol. The van der Waals surface area contributed by atoms with E-state index in [1.165, 1.54) is 0 Å². The third kappa shape index (κ3) is 8.84. The van der Waals surface area contributed by atoms with Crippen LogP contribution in [0.5, 0.6) is 11.5 Å². The van der Waals surface area contributed by atoms with Gasteiger partial charge in [0.1, 0.15) is 11.5 Å². The van der Waals surface area contributed by atoms with E-state index >= 15 is 0 Å². The Labute approximate surface area is 190 Å². The summed E-state index contributed by atoms with van der Waals surface area (Å²) < 4.78 is 15.3. The largest absolute Gasteiger partial charge is 0.457 e. The van der Waals surface area contributed by atoms with Crippen molar-refractivity contribution < 1.29 is 23.8 Å². The van der Waals surface area contributed by atoms with Crippen molar-refractivity contribution in [3.63, 3.8) is 0 Å². The van der Waals surface area contributed by atoms with Crippen LogP contribution in [0.2, 0.25) is 0 Å². The number of thiocarbonyl (C=S) groups is 2. The van der Waals surface area contributed by atoms with Gasteiger partial charge in [-0.05, 0) is 86.8 Å². The van der Waals surface area contributed by atoms with Gasteiger partial charge < -0.3 is 24.8 Å². The first kappa shape index (κ1) is 23.8. The third-order valence-corrected chi connectivity index (χ3v) is 3.85. The minimum Gasteiger partial charge on any atom is -0.457 e. The summed E-state index contributed by atoms with van der Waals surface area (Å²) in [5, 5.41) is 10.8. The van der Waals surface area contributed by atoms with Crippen molar-refractivity contribution in [1.29, 1.82) is 0 Å². The van der Waals surface area contributed by atoms with Crippen molar-refractivity contribution in [3.05, 3.63) is 48.5 Å². The van der Waals surface area contributed by atoms with E-state index in [-0.39, 0.29) is 23.4 Å². The molecule has 164 valence electrons. The number of carbonyl (C=O) groups is 2. The number of rotatable bonds is 6. The van der Waals surface area contributed by atoms with Gasteiger partial charge in [-0.3, -0.25) is 10.6 Å². The van der Waals surface area contributed by atoms with Gasteiger partial charge in [0.15, 0.2) is 10.2 Å². The van der Waals surface area contributed by atoms with Crippen molar-refractivity contribution in [1.82, 2.24) is 10.6 Å². The smallest absolute Gasteiger partial charge is 0.413 e. The zero-order valence-electron chi connectivity index (χ0n) is 16.9. The van der Waals surface area contributed by atoms with Crippen LogP contribution in [0, 0.1) is 0 Å². The van der Waals surface area contributed by atoms with E-state index < -0.39 is 12.2 Å². The van der Waals surface area contributed by atoms with Crippen LogP contribution in [0.4, 0.5) is 21.0 Å². The van der Waals surface area contributed by atoms with Crippen molar-refractivity contribution in [2.45, 2.75) is 13.8 Å². The summed E-state index contributed by atoms with van der Waals surface area (Å²) in [5.74, 6) is 1.21. The molecular weight excluding hydrogens is 440 g/mol. The predicted octanol–water partition coefficient (Wildman–Crippen LogP) is 4.36. The standard InChI is InChI=1S/C20H22N4O5S2/c1-3-27-19(25)23-17(30)21-13-5-9-15(10-6-13)29-16-11-7-14(8-12-16)22-18(31)24-20(26)28-4-2/h5-12H,3-4H2,1-2H3,(H2,21,23,25,30)(H2,22,24,26,31). The normalized spacial score (nSPS) is 9.74. The van der Waals surface area contributed by atoms with Crippen LogP contribution in [0.3, 0.4) is 0 Å². The fourth-order valence-corrected chi connectivity index (χ4v) is 2.60. The molecule has 2 aromatic carbocycles. The highest BCUT2D eigenvalue weighted by Crippen LogP contribution is 2.24. The lowest BCUT2D eigenvalue weighted by molar-refractivity contribution is 0.157. The van der Waals surface area contributed by atoms with Crippen LogP contribution < -0.4 is 26.0 Å². The Morgan fingerprint density at radius 1 is 0.710 bits per heavy atom. The second-order valence-electron chi connectivity index (χ2n) is 5.75. The van der Waals surface area contributed by atoms with Gasteiger partial charge in [-0.15, -0.1) is 0 Å². The molecule has 0 aliphatic carbocycles. The second-order valence-corrected chi connectivity index (χ2v) is 6.57. The number of benzene rings is 2. The minimum atomic E-state index is -0.615. The lowest BCUT2D eigenvalue weighted by atomic mass is 10.3. The summed E-state index contributed by atoms with van der Waals surface area (Å²) in [4.78, 5) is 22.7. The van der Waals surface area contributed by atoms with Crippen LogP contribution in [0.25, 0.3) is 0 Å². The molecule has 0 heterocycles. The SMILES string of the molecule is CCOC(=O)NC(=S)Nc1ccc(Oc2ccc(NC(=S)NC(=O)OCC)cc2)cc1. The zero-order chi connectivity index (χ0) is 22.6. The number of anilines is 2. The van der Waals surface area contributed by atoms with Crippen LogP contribution in [-0.4, -0.2) is 35.6 Å². The zero-order valence-corrected chi connectivity index (χ0v) is 18.5. The van der Waals surface area contributed by atoms with Gasteiger partial charge in [-0.25, -0.2) is 9.59 Å². The molecular formula is C20H22N4O5S2. The highest BCUT2D eigenvalue weighted by atomic mass is 32.1. The number of alkyl carbamates (subject to hydrolysis) is 2. The van der Waals surface area contributed by atoms with Crippen LogP contribution in [-0.2, 0) is 9.47 Å². The summed E-state index contributed by atoms with van der Waals surface area (Å²) >= 11 is 10.1. The Morgan fingerprint density at radius 2 is 1.06 bits per heavy atom. The van der Waals surface area contributed by atoms with Gasteiger partial charge in [-0.2, -0.15) is 0 Å². The Bertz CT molecular complexity index is 845. The van der Waals surface area contributed by atoms with E-state index in [1.807, 2.05) is 0 Å². The van der Waals surface area contributed by atoms with Gasteiger partial charge in [0, 0.05) is 11.4 Å². The summed E-state index contributed by atoms with van der Waals surface area (Å²) in [5.41, 5.74) is 1.35. The molecule has 2 amide bonds. The maximum Gasteiger partial charge on any atom is 0.413 e. The summed E-state index contributed by atoms with van der Waals surface area (Å²) in [6.45, 7) is 3.93. The molecule has 0 bridgehead atoms. The number of ether oxygens (including phenoxy) is 3. The van der Waals surface area contributed by atoms with Crippen molar-refractivity contribution in [3.8, 4) is 11.5 Å². The van der Waals surface area contributed by atoms with Crippen molar-refractivity contribution in [2.75, 3.05) is 23.8 Å². The van der Waals surface area contributed by atoms with Crippen molar-refractivity contribution in [2.24, 2.45) is 0 Å². The van der Waals surface area contributed by atoms with E-state index in [2.05, 4.69) is 21.3 Å². The molecule has 0 aliphatic heterocycles.